The Balaban J connectivity index is 1.58. The molecule has 2 aromatic carbocycles. The van der Waals surface area contributed by atoms with Crippen LogP contribution in [-0.2, 0) is 13.0 Å². The summed E-state index contributed by atoms with van der Waals surface area (Å²) in [6.07, 6.45) is 1.01. The Hall–Kier alpha value is -3.14. The molecule has 2 aromatic heterocycles. The van der Waals surface area contributed by atoms with Crippen molar-refractivity contribution < 1.29 is 4.79 Å². The highest BCUT2D eigenvalue weighted by Gasteiger charge is 2.13. The number of nitrogens with zero attached hydrogens (tertiary/aromatic N) is 1. The predicted octanol–water partition coefficient (Wildman–Crippen LogP) is 4.52. The van der Waals surface area contributed by atoms with Crippen LogP contribution in [0.15, 0.2) is 54.6 Å². The van der Waals surface area contributed by atoms with Crippen molar-refractivity contribution in [2.24, 2.45) is 0 Å². The van der Waals surface area contributed by atoms with E-state index < -0.39 is 0 Å². The molecule has 4 heteroatoms. The summed E-state index contributed by atoms with van der Waals surface area (Å²) >= 11 is 0. The molecule has 0 saturated carbocycles. The molecular formula is C22H21N3O. The van der Waals surface area contributed by atoms with Gasteiger partial charge in [-0.25, -0.2) is 4.98 Å². The number of H-pyrrole nitrogens is 1. The Morgan fingerprint density at radius 3 is 2.46 bits per heavy atom. The SMILES string of the molecule is CCc1ccc(CNC(=O)c2cc3ccc4ccc(C)[nH]c4c3n2)cc1. The first-order valence-corrected chi connectivity index (χ1v) is 8.89. The van der Waals surface area contributed by atoms with Gasteiger partial charge in [0, 0.05) is 23.0 Å². The Labute approximate surface area is 152 Å². The van der Waals surface area contributed by atoms with Gasteiger partial charge in [-0.1, -0.05) is 49.4 Å². The first kappa shape index (κ1) is 16.3. The van der Waals surface area contributed by atoms with E-state index in [1.165, 1.54) is 5.56 Å². The summed E-state index contributed by atoms with van der Waals surface area (Å²) in [4.78, 5) is 20.5. The lowest BCUT2D eigenvalue weighted by Gasteiger charge is -2.04. The molecule has 0 radical (unpaired) electrons. The summed E-state index contributed by atoms with van der Waals surface area (Å²) in [6.45, 7) is 4.64. The summed E-state index contributed by atoms with van der Waals surface area (Å²) in [5.41, 5.74) is 5.70. The highest BCUT2D eigenvalue weighted by Crippen LogP contribution is 2.24. The number of carbonyl (C=O) groups excluding carboxylic acids is 1. The zero-order chi connectivity index (χ0) is 18.1. The molecule has 130 valence electrons. The van der Waals surface area contributed by atoms with Gasteiger partial charge in [0.05, 0.1) is 11.0 Å². The smallest absolute Gasteiger partial charge is 0.270 e. The predicted molar refractivity (Wildman–Crippen MR) is 105 cm³/mol. The lowest BCUT2D eigenvalue weighted by Crippen LogP contribution is -2.23. The molecule has 0 bridgehead atoms. The number of fused-ring (bicyclic) bond motifs is 3. The molecular weight excluding hydrogens is 322 g/mol. The van der Waals surface area contributed by atoms with Gasteiger partial charge in [-0.05, 0) is 36.6 Å². The van der Waals surface area contributed by atoms with Gasteiger partial charge in [-0.15, -0.1) is 0 Å². The van der Waals surface area contributed by atoms with E-state index in [1.54, 1.807) is 0 Å². The molecule has 0 aliphatic rings. The zero-order valence-electron chi connectivity index (χ0n) is 15.0. The van der Waals surface area contributed by atoms with E-state index in [0.717, 1.165) is 39.5 Å². The average Bonchev–Trinajstić information content (AvgIpc) is 3.11. The molecule has 4 nitrogen and oxygen atoms in total. The second-order valence-corrected chi connectivity index (χ2v) is 6.60. The number of amides is 1. The van der Waals surface area contributed by atoms with Crippen LogP contribution in [0.4, 0.5) is 0 Å². The molecule has 0 saturated heterocycles. The molecule has 0 unspecified atom stereocenters. The molecule has 4 aromatic rings. The summed E-state index contributed by atoms with van der Waals surface area (Å²) < 4.78 is 0. The number of pyridine rings is 1. The molecule has 2 N–H and O–H groups in total. The van der Waals surface area contributed by atoms with E-state index in [-0.39, 0.29) is 5.91 Å². The first-order valence-electron chi connectivity index (χ1n) is 8.89. The Kier molecular flexibility index (Phi) is 4.17. The summed E-state index contributed by atoms with van der Waals surface area (Å²) in [6, 6.07) is 18.3. The van der Waals surface area contributed by atoms with Gasteiger partial charge < -0.3 is 10.3 Å². The maximum absolute atomic E-state index is 12.5. The minimum absolute atomic E-state index is 0.151. The van der Waals surface area contributed by atoms with Crippen LogP contribution in [0, 0.1) is 6.92 Å². The molecule has 2 heterocycles. The lowest BCUT2D eigenvalue weighted by molar-refractivity contribution is 0.0947. The third-order valence-electron chi connectivity index (χ3n) is 4.72. The van der Waals surface area contributed by atoms with Crippen LogP contribution in [0.25, 0.3) is 21.8 Å². The number of aryl methyl sites for hydroxylation is 2. The van der Waals surface area contributed by atoms with E-state index in [1.807, 2.05) is 31.2 Å². The lowest BCUT2D eigenvalue weighted by atomic mass is 10.1. The van der Waals surface area contributed by atoms with E-state index in [2.05, 4.69) is 52.5 Å². The summed E-state index contributed by atoms with van der Waals surface area (Å²) in [5, 5.41) is 5.02. The van der Waals surface area contributed by atoms with Gasteiger partial charge in [0.2, 0.25) is 0 Å². The number of benzene rings is 2. The number of hydrogen-bond donors (Lipinski definition) is 2. The first-order chi connectivity index (χ1) is 12.6. The molecule has 0 spiro atoms. The molecule has 1 amide bonds. The van der Waals surface area contributed by atoms with Gasteiger partial charge in [0.15, 0.2) is 0 Å². The number of rotatable bonds is 4. The van der Waals surface area contributed by atoms with Crippen molar-refractivity contribution in [2.45, 2.75) is 26.8 Å². The third kappa shape index (κ3) is 3.06. The second-order valence-electron chi connectivity index (χ2n) is 6.60. The minimum Gasteiger partial charge on any atom is -0.357 e. The monoisotopic (exact) mass is 343 g/mol. The van der Waals surface area contributed by atoms with Crippen LogP contribution in [0.3, 0.4) is 0 Å². The maximum atomic E-state index is 12.5. The summed E-state index contributed by atoms with van der Waals surface area (Å²) in [7, 11) is 0. The van der Waals surface area contributed by atoms with Gasteiger partial charge in [-0.3, -0.25) is 4.79 Å². The van der Waals surface area contributed by atoms with Crippen molar-refractivity contribution in [3.63, 3.8) is 0 Å². The molecule has 4 rings (SSSR count). The van der Waals surface area contributed by atoms with Crippen molar-refractivity contribution in [1.29, 1.82) is 0 Å². The molecule has 0 aliphatic heterocycles. The van der Waals surface area contributed by atoms with Gasteiger partial charge >= 0.3 is 0 Å². The highest BCUT2D eigenvalue weighted by atomic mass is 16.1. The molecule has 26 heavy (non-hydrogen) atoms. The van der Waals surface area contributed by atoms with Crippen LogP contribution in [-0.4, -0.2) is 15.9 Å². The number of nitrogens with one attached hydrogen (secondary N) is 2. The van der Waals surface area contributed by atoms with Gasteiger partial charge in [-0.2, -0.15) is 0 Å². The van der Waals surface area contributed by atoms with Crippen LogP contribution in [0.5, 0.6) is 0 Å². The molecule has 0 atom stereocenters. The minimum atomic E-state index is -0.151. The van der Waals surface area contributed by atoms with E-state index in [9.17, 15) is 4.79 Å². The molecule has 0 fully saturated rings. The standard InChI is InChI=1S/C22H21N3O/c1-3-15-5-7-16(8-6-15)13-23-22(26)19-12-18-11-10-17-9-4-14(2)24-20(17)21(18)25-19/h4-12,24H,3,13H2,1-2H3,(H,23,26). The second kappa shape index (κ2) is 6.64. The summed E-state index contributed by atoms with van der Waals surface area (Å²) in [5.74, 6) is -0.151. The average molecular weight is 343 g/mol. The maximum Gasteiger partial charge on any atom is 0.270 e. The fourth-order valence-corrected chi connectivity index (χ4v) is 3.17. The van der Waals surface area contributed by atoms with Crippen molar-refractivity contribution in [3.8, 4) is 0 Å². The van der Waals surface area contributed by atoms with Crippen molar-refractivity contribution in [1.82, 2.24) is 15.3 Å². The quantitative estimate of drug-likeness (QED) is 0.572. The van der Waals surface area contributed by atoms with Crippen molar-refractivity contribution >= 4 is 27.7 Å². The zero-order valence-corrected chi connectivity index (χ0v) is 15.0. The van der Waals surface area contributed by atoms with Gasteiger partial charge in [0.25, 0.3) is 5.91 Å². The Morgan fingerprint density at radius 2 is 1.69 bits per heavy atom. The number of carbonyl (C=O) groups is 1. The number of aromatic nitrogens is 2. The number of aromatic amines is 1. The van der Waals surface area contributed by atoms with E-state index >= 15 is 0 Å². The Morgan fingerprint density at radius 1 is 1.00 bits per heavy atom. The van der Waals surface area contributed by atoms with Crippen LogP contribution >= 0.6 is 0 Å². The van der Waals surface area contributed by atoms with E-state index in [0.29, 0.717) is 12.2 Å². The van der Waals surface area contributed by atoms with Crippen molar-refractivity contribution in [2.75, 3.05) is 0 Å². The normalized spacial score (nSPS) is 11.2. The molecule has 0 aliphatic carbocycles. The Bertz CT molecular complexity index is 1090. The van der Waals surface area contributed by atoms with Crippen LogP contribution in [0.2, 0.25) is 0 Å². The van der Waals surface area contributed by atoms with Gasteiger partial charge in [0.1, 0.15) is 5.69 Å². The van der Waals surface area contributed by atoms with Crippen LogP contribution < -0.4 is 5.32 Å². The highest BCUT2D eigenvalue weighted by molar-refractivity contribution is 6.07. The topological polar surface area (TPSA) is 57.8 Å². The fourth-order valence-electron chi connectivity index (χ4n) is 3.17. The third-order valence-corrected chi connectivity index (χ3v) is 4.72. The van der Waals surface area contributed by atoms with E-state index in [4.69, 9.17) is 0 Å². The fraction of sp³-hybridized carbons (Fsp3) is 0.182. The van der Waals surface area contributed by atoms with Crippen molar-refractivity contribution in [3.05, 3.63) is 77.1 Å². The largest absolute Gasteiger partial charge is 0.357 e. The van der Waals surface area contributed by atoms with Crippen LogP contribution in [0.1, 0.15) is 34.2 Å². The number of hydrogen-bond acceptors (Lipinski definition) is 2.